The summed E-state index contributed by atoms with van der Waals surface area (Å²) in [4.78, 5) is 12.0. The molecule has 25 heavy (non-hydrogen) atoms. The predicted molar refractivity (Wildman–Crippen MR) is 100 cm³/mol. The number of ether oxygens (including phenoxy) is 1. The molecule has 2 aromatic carbocycles. The molecule has 0 bridgehead atoms. The third-order valence-corrected chi connectivity index (χ3v) is 4.12. The number of nitrogens with one attached hydrogen (secondary N) is 2. The lowest BCUT2D eigenvalue weighted by Gasteiger charge is -2.05. The largest absolute Gasteiger partial charge is 0.494 e. The Labute approximate surface area is 149 Å². The van der Waals surface area contributed by atoms with Gasteiger partial charge in [0.15, 0.2) is 0 Å². The summed E-state index contributed by atoms with van der Waals surface area (Å²) in [5, 5.41) is 14.7. The molecule has 7 heteroatoms. The van der Waals surface area contributed by atoms with Crippen LogP contribution in [0.3, 0.4) is 0 Å². The van der Waals surface area contributed by atoms with Crippen molar-refractivity contribution in [1.82, 2.24) is 10.2 Å². The second-order valence-corrected chi connectivity index (χ2v) is 6.21. The summed E-state index contributed by atoms with van der Waals surface area (Å²) in [6.45, 7) is 2.74. The Hall–Kier alpha value is -2.93. The van der Waals surface area contributed by atoms with Crippen molar-refractivity contribution in [2.75, 3.05) is 17.2 Å². The Morgan fingerprint density at radius 2 is 1.92 bits per heavy atom. The van der Waals surface area contributed by atoms with Gasteiger partial charge in [-0.1, -0.05) is 48.6 Å². The van der Waals surface area contributed by atoms with E-state index in [1.54, 1.807) is 0 Å². The number of aromatic nitrogens is 2. The summed E-state index contributed by atoms with van der Waals surface area (Å²) in [7, 11) is 0. The van der Waals surface area contributed by atoms with Crippen LogP contribution in [0.15, 0.2) is 54.6 Å². The molecule has 0 saturated carbocycles. The normalized spacial score (nSPS) is 10.3. The standard InChI is InChI=1S/C18H18N4O2S/c1-2-11-24-15-10-6-7-13(12-15)16-21-22-18(25-16)20-17(23)19-14-8-4-3-5-9-14/h3-10,12H,2,11H2,1H3,(H2,19,20,22,23). The molecule has 3 rings (SSSR count). The highest BCUT2D eigenvalue weighted by molar-refractivity contribution is 7.18. The minimum atomic E-state index is -0.353. The van der Waals surface area contributed by atoms with Crippen molar-refractivity contribution in [2.45, 2.75) is 13.3 Å². The summed E-state index contributed by atoms with van der Waals surface area (Å²) >= 11 is 1.31. The number of amides is 2. The molecule has 0 atom stereocenters. The van der Waals surface area contributed by atoms with Gasteiger partial charge >= 0.3 is 6.03 Å². The van der Waals surface area contributed by atoms with Crippen LogP contribution in [-0.2, 0) is 0 Å². The van der Waals surface area contributed by atoms with E-state index in [1.165, 1.54) is 11.3 Å². The number of hydrogen-bond acceptors (Lipinski definition) is 5. The molecule has 0 spiro atoms. The van der Waals surface area contributed by atoms with Crippen molar-refractivity contribution >= 4 is 28.2 Å². The highest BCUT2D eigenvalue weighted by Gasteiger charge is 2.10. The Morgan fingerprint density at radius 1 is 1.08 bits per heavy atom. The molecule has 0 fully saturated rings. The number of rotatable bonds is 6. The number of benzene rings is 2. The lowest BCUT2D eigenvalue weighted by Crippen LogP contribution is -2.19. The highest BCUT2D eigenvalue weighted by atomic mass is 32.1. The molecular formula is C18H18N4O2S. The number of carbonyl (C=O) groups excluding carboxylic acids is 1. The van der Waals surface area contributed by atoms with E-state index in [-0.39, 0.29) is 6.03 Å². The Bertz CT molecular complexity index is 836. The summed E-state index contributed by atoms with van der Waals surface area (Å²) < 4.78 is 5.63. The molecule has 1 aromatic heterocycles. The summed E-state index contributed by atoms with van der Waals surface area (Å²) in [6, 6.07) is 16.5. The fraction of sp³-hybridized carbons (Fsp3) is 0.167. The van der Waals surface area contributed by atoms with E-state index in [0.717, 1.165) is 22.7 Å². The van der Waals surface area contributed by atoms with E-state index in [9.17, 15) is 4.79 Å². The first-order valence-corrected chi connectivity index (χ1v) is 8.76. The molecule has 128 valence electrons. The van der Waals surface area contributed by atoms with Gasteiger partial charge in [-0.25, -0.2) is 4.79 Å². The Kier molecular flexibility index (Phi) is 5.58. The Balaban J connectivity index is 1.65. The van der Waals surface area contributed by atoms with Crippen LogP contribution < -0.4 is 15.4 Å². The molecule has 0 saturated heterocycles. The van der Waals surface area contributed by atoms with Crippen molar-refractivity contribution in [2.24, 2.45) is 0 Å². The number of hydrogen-bond donors (Lipinski definition) is 2. The molecule has 6 nitrogen and oxygen atoms in total. The summed E-state index contributed by atoms with van der Waals surface area (Å²) in [5.74, 6) is 0.797. The van der Waals surface area contributed by atoms with Crippen molar-refractivity contribution in [1.29, 1.82) is 0 Å². The van der Waals surface area contributed by atoms with Crippen LogP contribution in [0.4, 0.5) is 15.6 Å². The summed E-state index contributed by atoms with van der Waals surface area (Å²) in [5.41, 5.74) is 1.62. The van der Waals surface area contributed by atoms with Gasteiger partial charge in [-0.05, 0) is 30.7 Å². The highest BCUT2D eigenvalue weighted by Crippen LogP contribution is 2.29. The monoisotopic (exact) mass is 354 g/mol. The molecule has 0 radical (unpaired) electrons. The number of para-hydroxylation sites is 1. The van der Waals surface area contributed by atoms with Crippen molar-refractivity contribution in [3.05, 3.63) is 54.6 Å². The van der Waals surface area contributed by atoms with Crippen molar-refractivity contribution in [3.8, 4) is 16.3 Å². The van der Waals surface area contributed by atoms with Crippen LogP contribution in [0.2, 0.25) is 0 Å². The molecule has 0 aliphatic rings. The molecule has 3 aromatic rings. The van der Waals surface area contributed by atoms with Gasteiger partial charge in [0.25, 0.3) is 0 Å². The van der Waals surface area contributed by atoms with E-state index in [0.29, 0.717) is 17.4 Å². The van der Waals surface area contributed by atoms with E-state index in [1.807, 2.05) is 54.6 Å². The fourth-order valence-electron chi connectivity index (χ4n) is 2.11. The van der Waals surface area contributed by atoms with Gasteiger partial charge in [0, 0.05) is 11.3 Å². The van der Waals surface area contributed by atoms with Gasteiger partial charge in [0.05, 0.1) is 6.61 Å². The number of urea groups is 1. The second-order valence-electron chi connectivity index (χ2n) is 5.23. The van der Waals surface area contributed by atoms with Gasteiger partial charge in [-0.15, -0.1) is 10.2 Å². The van der Waals surface area contributed by atoms with E-state index >= 15 is 0 Å². The third-order valence-electron chi connectivity index (χ3n) is 3.23. The lowest BCUT2D eigenvalue weighted by molar-refractivity contribution is 0.262. The molecule has 2 N–H and O–H groups in total. The average Bonchev–Trinajstić information content (AvgIpc) is 3.09. The summed E-state index contributed by atoms with van der Waals surface area (Å²) in [6.07, 6.45) is 0.952. The zero-order valence-electron chi connectivity index (χ0n) is 13.7. The SMILES string of the molecule is CCCOc1cccc(-c2nnc(NC(=O)Nc3ccccc3)s2)c1. The molecule has 0 aliphatic carbocycles. The topological polar surface area (TPSA) is 76.1 Å². The molecule has 2 amide bonds. The minimum absolute atomic E-state index is 0.353. The van der Waals surface area contributed by atoms with Crippen LogP contribution in [0.5, 0.6) is 5.75 Å². The second kappa shape index (κ2) is 8.25. The maximum Gasteiger partial charge on any atom is 0.325 e. The smallest absolute Gasteiger partial charge is 0.325 e. The minimum Gasteiger partial charge on any atom is -0.494 e. The molecule has 1 heterocycles. The van der Waals surface area contributed by atoms with Gasteiger partial charge in [-0.2, -0.15) is 0 Å². The van der Waals surface area contributed by atoms with Gasteiger partial charge in [0.2, 0.25) is 5.13 Å². The zero-order valence-corrected chi connectivity index (χ0v) is 14.5. The quantitative estimate of drug-likeness (QED) is 0.676. The predicted octanol–water partition coefficient (Wildman–Crippen LogP) is 4.64. The van der Waals surface area contributed by atoms with Gasteiger partial charge < -0.3 is 10.1 Å². The lowest BCUT2D eigenvalue weighted by atomic mass is 10.2. The maximum atomic E-state index is 12.0. The van der Waals surface area contributed by atoms with Crippen molar-refractivity contribution in [3.63, 3.8) is 0 Å². The van der Waals surface area contributed by atoms with Crippen LogP contribution in [-0.4, -0.2) is 22.8 Å². The van der Waals surface area contributed by atoms with E-state index in [4.69, 9.17) is 4.74 Å². The van der Waals surface area contributed by atoms with E-state index in [2.05, 4.69) is 27.8 Å². The Morgan fingerprint density at radius 3 is 2.72 bits per heavy atom. The number of nitrogens with zero attached hydrogens (tertiary/aromatic N) is 2. The number of carbonyl (C=O) groups is 1. The van der Waals surface area contributed by atoms with Crippen LogP contribution in [0, 0.1) is 0 Å². The molecule has 0 unspecified atom stereocenters. The van der Waals surface area contributed by atoms with Gasteiger partial charge in [0.1, 0.15) is 10.8 Å². The maximum absolute atomic E-state index is 12.0. The van der Waals surface area contributed by atoms with Crippen LogP contribution in [0.1, 0.15) is 13.3 Å². The zero-order chi connectivity index (χ0) is 17.5. The van der Waals surface area contributed by atoms with Gasteiger partial charge in [-0.3, -0.25) is 5.32 Å². The first-order chi connectivity index (χ1) is 12.2. The third kappa shape index (κ3) is 4.77. The molecular weight excluding hydrogens is 336 g/mol. The van der Waals surface area contributed by atoms with Crippen LogP contribution in [0.25, 0.3) is 10.6 Å². The number of anilines is 2. The first-order valence-electron chi connectivity index (χ1n) is 7.94. The molecule has 0 aliphatic heterocycles. The van der Waals surface area contributed by atoms with E-state index < -0.39 is 0 Å². The fourth-order valence-corrected chi connectivity index (χ4v) is 2.85. The average molecular weight is 354 g/mol. The first kappa shape index (κ1) is 16.9. The van der Waals surface area contributed by atoms with Crippen molar-refractivity contribution < 1.29 is 9.53 Å². The van der Waals surface area contributed by atoms with Crippen LogP contribution >= 0.6 is 11.3 Å².